The third-order valence-corrected chi connectivity index (χ3v) is 6.25. The minimum absolute atomic E-state index is 0.284. The van der Waals surface area contributed by atoms with E-state index < -0.39 is 15.1 Å². The van der Waals surface area contributed by atoms with Crippen molar-refractivity contribution < 1.29 is 19.4 Å². The Morgan fingerprint density at radius 1 is 0.800 bits per heavy atom. The normalized spacial score (nSPS) is 14.3. The average Bonchev–Trinajstić information content (AvgIpc) is 2.67. The van der Waals surface area contributed by atoms with E-state index in [9.17, 15) is 19.4 Å². The Labute approximate surface area is 171 Å². The molecule has 2 aromatic carbocycles. The van der Waals surface area contributed by atoms with Crippen LogP contribution in [0.15, 0.2) is 76.0 Å². The van der Waals surface area contributed by atoms with E-state index in [2.05, 4.69) is 19.9 Å². The van der Waals surface area contributed by atoms with Gasteiger partial charge in [0.15, 0.2) is 0 Å². The monoisotopic (exact) mass is 457 g/mol. The summed E-state index contributed by atoms with van der Waals surface area (Å²) in [7, 11) is -9.71. The van der Waals surface area contributed by atoms with Crippen molar-refractivity contribution in [1.82, 2.24) is 19.9 Å². The maximum atomic E-state index is 12.9. The molecule has 4 rings (SSSR count). The highest BCUT2D eigenvalue weighted by molar-refractivity contribution is 8.45. The molecule has 4 aromatic rings. The fraction of sp³-hybridized carbons (Fsp3) is 0. The van der Waals surface area contributed by atoms with E-state index in [0.717, 1.165) is 23.9 Å². The summed E-state index contributed by atoms with van der Waals surface area (Å²) in [6, 6.07) is 7.90. The van der Waals surface area contributed by atoms with Crippen molar-refractivity contribution in [3.05, 3.63) is 61.2 Å². The summed E-state index contributed by atoms with van der Waals surface area (Å²) in [5.74, 6) is 0.284. The van der Waals surface area contributed by atoms with Crippen LogP contribution >= 0.6 is 22.0 Å². The molecule has 2 aromatic heterocycles. The summed E-state index contributed by atoms with van der Waals surface area (Å²) in [6.07, 6.45) is 4.23. The first-order valence-electron chi connectivity index (χ1n) is 8.24. The molecule has 156 valence electrons. The molecule has 0 saturated carbocycles. The summed E-state index contributed by atoms with van der Waals surface area (Å²) < 4.78 is 64.5. The van der Waals surface area contributed by atoms with Crippen LogP contribution in [0.25, 0.3) is 22.2 Å². The lowest BCUT2D eigenvalue weighted by atomic mass is 10.1. The fourth-order valence-corrected chi connectivity index (χ4v) is 4.22. The molecule has 0 radical (unpaired) electrons. The fourth-order valence-electron chi connectivity index (χ4n) is 2.70. The number of nitrogen functional groups attached to an aromatic ring is 1. The Hall–Kier alpha value is -2.99. The lowest BCUT2D eigenvalue weighted by Crippen LogP contribution is -2.05. The second-order valence-electron chi connectivity index (χ2n) is 6.24. The molecular weight excluding hydrogens is 445 g/mol. The van der Waals surface area contributed by atoms with Crippen molar-refractivity contribution in [2.45, 2.75) is 14.8 Å². The molecule has 2 N–H and O–H groups in total. The number of aromatic nitrogens is 4. The number of nitrogens with zero attached hydrogens (tertiary/aromatic N) is 4. The number of anilines is 1. The predicted molar refractivity (Wildman–Crippen MR) is 107 cm³/mol. The van der Waals surface area contributed by atoms with Crippen LogP contribution in [-0.4, -0.2) is 19.9 Å². The Kier molecular flexibility index (Phi) is 4.23. The SMILES string of the molecule is Nc1ncnc2ccc(-c3nccnc3Sc3ccc(S(F)(F)(F)(F)F)cc3)cc12. The van der Waals surface area contributed by atoms with Gasteiger partial charge < -0.3 is 5.73 Å². The first-order valence-corrected chi connectivity index (χ1v) is 11.0. The van der Waals surface area contributed by atoms with Gasteiger partial charge in [-0.25, -0.2) is 15.0 Å². The number of hydrogen-bond donors (Lipinski definition) is 1. The molecule has 0 unspecified atom stereocenters. The summed E-state index contributed by atoms with van der Waals surface area (Å²) in [5.41, 5.74) is 7.62. The van der Waals surface area contributed by atoms with Gasteiger partial charge in [-0.3, -0.25) is 4.98 Å². The molecular formula is C18H12F5N5S2. The maximum Gasteiger partial charge on any atom is 0.310 e. The molecule has 0 bridgehead atoms. The first-order chi connectivity index (χ1) is 13.9. The van der Waals surface area contributed by atoms with E-state index in [4.69, 9.17) is 5.73 Å². The van der Waals surface area contributed by atoms with E-state index in [1.54, 1.807) is 18.2 Å². The van der Waals surface area contributed by atoms with Gasteiger partial charge in [0.25, 0.3) is 0 Å². The van der Waals surface area contributed by atoms with E-state index in [1.165, 1.54) is 18.7 Å². The Morgan fingerprint density at radius 2 is 1.50 bits per heavy atom. The number of fused-ring (bicyclic) bond motifs is 1. The molecule has 0 aliphatic heterocycles. The minimum atomic E-state index is -9.71. The van der Waals surface area contributed by atoms with Gasteiger partial charge in [0.1, 0.15) is 27.8 Å². The smallest absolute Gasteiger partial charge is 0.310 e. The quantitative estimate of drug-likeness (QED) is 0.354. The van der Waals surface area contributed by atoms with Crippen LogP contribution in [0.1, 0.15) is 0 Å². The first kappa shape index (κ1) is 20.3. The van der Waals surface area contributed by atoms with Gasteiger partial charge in [0.05, 0.1) is 5.52 Å². The zero-order valence-electron chi connectivity index (χ0n) is 14.8. The molecule has 0 fully saturated rings. The van der Waals surface area contributed by atoms with Gasteiger partial charge in [0, 0.05) is 28.2 Å². The van der Waals surface area contributed by atoms with Crippen molar-refractivity contribution >= 4 is 38.7 Å². The standard InChI is InChI=1S/C18H12F5N5S2/c19-30(20,21,22,23)13-4-2-12(3-5-13)29-18-16(25-7-8-26-18)11-1-6-15-14(9-11)17(24)28-10-27-15/h1-10H,(H2,24,27,28). The Morgan fingerprint density at radius 3 is 2.20 bits per heavy atom. The van der Waals surface area contributed by atoms with Crippen molar-refractivity contribution in [3.63, 3.8) is 0 Å². The van der Waals surface area contributed by atoms with Gasteiger partial charge >= 0.3 is 10.2 Å². The van der Waals surface area contributed by atoms with Crippen molar-refractivity contribution in [2.75, 3.05) is 5.73 Å². The molecule has 0 aliphatic rings. The highest BCUT2D eigenvalue weighted by atomic mass is 32.5. The zero-order valence-corrected chi connectivity index (χ0v) is 16.5. The Balaban J connectivity index is 1.71. The van der Waals surface area contributed by atoms with Crippen LogP contribution in [0.5, 0.6) is 0 Å². The van der Waals surface area contributed by atoms with Crippen LogP contribution in [-0.2, 0) is 0 Å². The molecule has 0 saturated heterocycles. The Bertz CT molecular complexity index is 1270. The summed E-state index contributed by atoms with van der Waals surface area (Å²) in [5, 5.41) is 0.990. The van der Waals surface area contributed by atoms with Crippen molar-refractivity contribution in [3.8, 4) is 11.3 Å². The molecule has 0 amide bonds. The molecule has 5 nitrogen and oxygen atoms in total. The molecule has 0 spiro atoms. The second-order valence-corrected chi connectivity index (χ2v) is 9.71. The van der Waals surface area contributed by atoms with E-state index in [1.807, 2.05) is 0 Å². The number of rotatable bonds is 4. The molecule has 0 aliphatic carbocycles. The highest BCUT2D eigenvalue weighted by Gasteiger charge is 2.65. The summed E-state index contributed by atoms with van der Waals surface area (Å²) in [4.78, 5) is 15.0. The predicted octanol–water partition coefficient (Wildman–Crippen LogP) is 6.48. The van der Waals surface area contributed by atoms with Crippen LogP contribution < -0.4 is 5.73 Å². The zero-order chi connectivity index (χ0) is 21.6. The van der Waals surface area contributed by atoms with Gasteiger partial charge in [-0.2, -0.15) is 0 Å². The molecule has 0 atom stereocenters. The van der Waals surface area contributed by atoms with Gasteiger partial charge in [-0.05, 0) is 36.4 Å². The van der Waals surface area contributed by atoms with E-state index in [0.29, 0.717) is 44.2 Å². The largest absolute Gasteiger partial charge is 0.383 e. The number of nitrogens with two attached hydrogens (primary N) is 1. The molecule has 12 heteroatoms. The van der Waals surface area contributed by atoms with Gasteiger partial charge in [0.2, 0.25) is 0 Å². The van der Waals surface area contributed by atoms with Crippen LogP contribution in [0, 0.1) is 0 Å². The molecule has 2 heterocycles. The summed E-state index contributed by atoms with van der Waals surface area (Å²) >= 11 is 1.00. The molecule has 30 heavy (non-hydrogen) atoms. The second kappa shape index (κ2) is 6.25. The van der Waals surface area contributed by atoms with Crippen LogP contribution in [0.2, 0.25) is 0 Å². The van der Waals surface area contributed by atoms with E-state index >= 15 is 0 Å². The highest BCUT2D eigenvalue weighted by Crippen LogP contribution is 3.02. The maximum absolute atomic E-state index is 12.9. The number of hydrogen-bond acceptors (Lipinski definition) is 6. The van der Waals surface area contributed by atoms with Crippen molar-refractivity contribution in [2.24, 2.45) is 0 Å². The van der Waals surface area contributed by atoms with Gasteiger partial charge in [-0.15, -0.1) is 0 Å². The van der Waals surface area contributed by atoms with E-state index in [-0.39, 0.29) is 5.82 Å². The van der Waals surface area contributed by atoms with Gasteiger partial charge in [-0.1, -0.05) is 37.3 Å². The van der Waals surface area contributed by atoms with Crippen LogP contribution in [0.4, 0.5) is 25.2 Å². The lowest BCUT2D eigenvalue weighted by Gasteiger charge is -2.40. The third kappa shape index (κ3) is 4.14. The third-order valence-electron chi connectivity index (χ3n) is 4.09. The van der Waals surface area contributed by atoms with Crippen molar-refractivity contribution in [1.29, 1.82) is 0 Å². The van der Waals surface area contributed by atoms with Crippen LogP contribution in [0.3, 0.4) is 0 Å². The lowest BCUT2D eigenvalue weighted by molar-refractivity contribution is 0.364. The minimum Gasteiger partial charge on any atom is -0.383 e. The summed E-state index contributed by atoms with van der Waals surface area (Å²) in [6.45, 7) is 0. The number of benzene rings is 2. The number of halogens is 5. The topological polar surface area (TPSA) is 77.6 Å². The average molecular weight is 457 g/mol.